The Morgan fingerprint density at radius 1 is 0.880 bits per heavy atom. The molecular weight excluding hydrogens is 320 g/mol. The third-order valence-electron chi connectivity index (χ3n) is 3.40. The van der Waals surface area contributed by atoms with Crippen molar-refractivity contribution < 1.29 is 10.0 Å². The van der Waals surface area contributed by atoms with Crippen LogP contribution in [0.5, 0.6) is 5.75 Å². The SMILES string of the molecule is O=[N+]([O-])c1ccccc1Nc1ccc(N=Nc2ccccc2O)cc1. The van der Waals surface area contributed by atoms with Crippen LogP contribution in [0.1, 0.15) is 0 Å². The Balaban J connectivity index is 1.75. The average Bonchev–Trinajstić information content (AvgIpc) is 2.62. The van der Waals surface area contributed by atoms with Gasteiger partial charge in [-0.25, -0.2) is 0 Å². The molecule has 0 heterocycles. The first-order chi connectivity index (χ1) is 12.1. The first-order valence-corrected chi connectivity index (χ1v) is 7.44. The molecule has 0 radical (unpaired) electrons. The van der Waals surface area contributed by atoms with Crippen molar-refractivity contribution in [1.82, 2.24) is 0 Å². The number of azo groups is 1. The second-order valence-electron chi connectivity index (χ2n) is 5.13. The molecule has 0 aliphatic rings. The molecule has 2 N–H and O–H groups in total. The van der Waals surface area contributed by atoms with E-state index in [1.54, 1.807) is 60.7 Å². The van der Waals surface area contributed by atoms with Gasteiger partial charge >= 0.3 is 0 Å². The summed E-state index contributed by atoms with van der Waals surface area (Å²) in [6, 6.07) is 20.0. The highest BCUT2D eigenvalue weighted by molar-refractivity contribution is 5.70. The molecule has 0 fully saturated rings. The lowest BCUT2D eigenvalue weighted by molar-refractivity contribution is -0.383. The molecule has 0 aromatic heterocycles. The molecule has 3 aromatic rings. The molecule has 25 heavy (non-hydrogen) atoms. The van der Waals surface area contributed by atoms with Crippen LogP contribution in [0.2, 0.25) is 0 Å². The van der Waals surface area contributed by atoms with E-state index in [0.717, 1.165) is 0 Å². The van der Waals surface area contributed by atoms with Crippen molar-refractivity contribution in [2.75, 3.05) is 5.32 Å². The molecule has 0 aliphatic heterocycles. The average molecular weight is 334 g/mol. The van der Waals surface area contributed by atoms with Gasteiger partial charge in [-0.3, -0.25) is 10.1 Å². The summed E-state index contributed by atoms with van der Waals surface area (Å²) in [6.07, 6.45) is 0. The molecule has 0 bridgehead atoms. The van der Waals surface area contributed by atoms with Crippen molar-refractivity contribution in [2.45, 2.75) is 0 Å². The largest absolute Gasteiger partial charge is 0.506 e. The van der Waals surface area contributed by atoms with Gasteiger partial charge in [-0.2, -0.15) is 5.11 Å². The monoisotopic (exact) mass is 334 g/mol. The van der Waals surface area contributed by atoms with Crippen LogP contribution in [0.15, 0.2) is 83.0 Å². The van der Waals surface area contributed by atoms with E-state index in [0.29, 0.717) is 22.7 Å². The number of nitro groups is 1. The number of para-hydroxylation sites is 3. The number of hydrogen-bond acceptors (Lipinski definition) is 6. The number of phenolic OH excluding ortho intramolecular Hbond substituents is 1. The Labute approximate surface area is 143 Å². The van der Waals surface area contributed by atoms with Gasteiger partial charge in [0, 0.05) is 11.8 Å². The summed E-state index contributed by atoms with van der Waals surface area (Å²) < 4.78 is 0. The van der Waals surface area contributed by atoms with Crippen LogP contribution in [0.4, 0.5) is 28.4 Å². The molecule has 0 saturated heterocycles. The number of aromatic hydroxyl groups is 1. The highest BCUT2D eigenvalue weighted by Gasteiger charge is 2.12. The zero-order chi connectivity index (χ0) is 17.6. The van der Waals surface area contributed by atoms with E-state index in [-0.39, 0.29) is 11.4 Å². The van der Waals surface area contributed by atoms with E-state index >= 15 is 0 Å². The number of nitrogens with one attached hydrogen (secondary N) is 1. The Morgan fingerprint density at radius 2 is 1.56 bits per heavy atom. The number of nitrogens with zero attached hydrogens (tertiary/aromatic N) is 3. The fourth-order valence-corrected chi connectivity index (χ4v) is 2.17. The van der Waals surface area contributed by atoms with Crippen molar-refractivity contribution in [3.63, 3.8) is 0 Å². The highest BCUT2D eigenvalue weighted by Crippen LogP contribution is 2.29. The zero-order valence-electron chi connectivity index (χ0n) is 13.0. The number of nitro benzene ring substituents is 1. The topological polar surface area (TPSA) is 100 Å². The van der Waals surface area contributed by atoms with E-state index < -0.39 is 4.92 Å². The summed E-state index contributed by atoms with van der Waals surface area (Å²) in [5.41, 5.74) is 2.08. The fraction of sp³-hybridized carbons (Fsp3) is 0. The maximum absolute atomic E-state index is 11.0. The highest BCUT2D eigenvalue weighted by atomic mass is 16.6. The molecule has 0 aliphatic carbocycles. The van der Waals surface area contributed by atoms with Crippen LogP contribution < -0.4 is 5.32 Å². The first-order valence-electron chi connectivity index (χ1n) is 7.44. The fourth-order valence-electron chi connectivity index (χ4n) is 2.17. The standard InChI is InChI=1S/C18H14N4O3/c23-18-8-4-2-6-16(18)21-20-14-11-9-13(10-12-14)19-15-5-1-3-7-17(15)22(24)25/h1-12,19,23H. The Morgan fingerprint density at radius 3 is 2.28 bits per heavy atom. The molecule has 3 rings (SSSR count). The summed E-state index contributed by atoms with van der Waals surface area (Å²) in [6.45, 7) is 0. The summed E-state index contributed by atoms with van der Waals surface area (Å²) in [7, 11) is 0. The molecule has 7 heteroatoms. The second kappa shape index (κ2) is 7.22. The predicted octanol–water partition coefficient (Wildman–Crippen LogP) is 5.46. The molecule has 3 aromatic carbocycles. The molecule has 7 nitrogen and oxygen atoms in total. The van der Waals surface area contributed by atoms with Gasteiger partial charge in [0.2, 0.25) is 0 Å². The van der Waals surface area contributed by atoms with Gasteiger partial charge in [0.25, 0.3) is 5.69 Å². The van der Waals surface area contributed by atoms with Gasteiger partial charge in [0.1, 0.15) is 17.1 Å². The summed E-state index contributed by atoms with van der Waals surface area (Å²) in [5.74, 6) is 0.0564. The van der Waals surface area contributed by atoms with Gasteiger partial charge in [-0.05, 0) is 42.5 Å². The quantitative estimate of drug-likeness (QED) is 0.367. The first kappa shape index (κ1) is 16.1. The van der Waals surface area contributed by atoms with Crippen LogP contribution in [0.3, 0.4) is 0 Å². The Hall–Kier alpha value is -3.74. The summed E-state index contributed by atoms with van der Waals surface area (Å²) in [5, 5.41) is 31.7. The molecule has 0 spiro atoms. The number of anilines is 2. The molecule has 0 saturated carbocycles. The van der Waals surface area contributed by atoms with Gasteiger partial charge < -0.3 is 10.4 Å². The zero-order valence-corrected chi connectivity index (χ0v) is 13.0. The number of benzene rings is 3. The van der Waals surface area contributed by atoms with Gasteiger partial charge in [0.15, 0.2) is 0 Å². The van der Waals surface area contributed by atoms with Crippen molar-refractivity contribution in [3.8, 4) is 5.75 Å². The normalized spacial score (nSPS) is 10.7. The molecule has 0 amide bonds. The maximum Gasteiger partial charge on any atom is 0.292 e. The summed E-state index contributed by atoms with van der Waals surface area (Å²) in [4.78, 5) is 10.6. The van der Waals surface area contributed by atoms with Crippen LogP contribution in [-0.4, -0.2) is 10.0 Å². The third-order valence-corrected chi connectivity index (χ3v) is 3.40. The lowest BCUT2D eigenvalue weighted by atomic mass is 10.2. The minimum atomic E-state index is -0.433. The van der Waals surface area contributed by atoms with Gasteiger partial charge in [-0.15, -0.1) is 5.11 Å². The van der Waals surface area contributed by atoms with Crippen LogP contribution >= 0.6 is 0 Å². The van der Waals surface area contributed by atoms with Crippen molar-refractivity contribution >= 4 is 28.4 Å². The van der Waals surface area contributed by atoms with E-state index in [2.05, 4.69) is 15.5 Å². The molecule has 124 valence electrons. The number of rotatable bonds is 5. The maximum atomic E-state index is 11.0. The van der Waals surface area contributed by atoms with Crippen molar-refractivity contribution in [1.29, 1.82) is 0 Å². The lowest BCUT2D eigenvalue weighted by Crippen LogP contribution is -1.96. The van der Waals surface area contributed by atoms with E-state index in [1.165, 1.54) is 12.1 Å². The van der Waals surface area contributed by atoms with Gasteiger partial charge in [-0.1, -0.05) is 24.3 Å². The summed E-state index contributed by atoms with van der Waals surface area (Å²) >= 11 is 0. The minimum Gasteiger partial charge on any atom is -0.506 e. The van der Waals surface area contributed by atoms with Crippen LogP contribution in [0.25, 0.3) is 0 Å². The Kier molecular flexibility index (Phi) is 4.66. The smallest absolute Gasteiger partial charge is 0.292 e. The number of hydrogen-bond donors (Lipinski definition) is 2. The van der Waals surface area contributed by atoms with E-state index in [4.69, 9.17) is 0 Å². The molecule has 0 unspecified atom stereocenters. The Bertz CT molecular complexity index is 924. The lowest BCUT2D eigenvalue weighted by Gasteiger charge is -2.06. The van der Waals surface area contributed by atoms with Crippen molar-refractivity contribution in [2.24, 2.45) is 10.2 Å². The predicted molar refractivity (Wildman–Crippen MR) is 95.1 cm³/mol. The molecule has 0 atom stereocenters. The third kappa shape index (κ3) is 3.97. The van der Waals surface area contributed by atoms with Crippen LogP contribution in [-0.2, 0) is 0 Å². The molecular formula is C18H14N4O3. The van der Waals surface area contributed by atoms with Crippen LogP contribution in [0, 0.1) is 10.1 Å². The number of phenols is 1. The van der Waals surface area contributed by atoms with Gasteiger partial charge in [0.05, 0.1) is 10.6 Å². The van der Waals surface area contributed by atoms with Crippen molar-refractivity contribution in [3.05, 3.63) is 82.9 Å². The second-order valence-corrected chi connectivity index (χ2v) is 5.13. The van der Waals surface area contributed by atoms with E-state index in [9.17, 15) is 15.2 Å². The van der Waals surface area contributed by atoms with E-state index in [1.807, 2.05) is 0 Å². The minimum absolute atomic E-state index is 0.00539.